The molecule has 0 fully saturated rings. The maximum absolute atomic E-state index is 11.6. The van der Waals surface area contributed by atoms with E-state index >= 15 is 0 Å². The summed E-state index contributed by atoms with van der Waals surface area (Å²) in [5, 5.41) is 19.6. The van der Waals surface area contributed by atoms with Crippen molar-refractivity contribution in [3.63, 3.8) is 0 Å². The van der Waals surface area contributed by atoms with Gasteiger partial charge in [-0.25, -0.2) is 4.79 Å². The Morgan fingerprint density at radius 1 is 0.710 bits per heavy atom. The van der Waals surface area contributed by atoms with Crippen LogP contribution in [0.5, 0.6) is 0 Å². The zero-order chi connectivity index (χ0) is 23.2. The lowest BCUT2D eigenvalue weighted by molar-refractivity contribution is -0.147. The first kappa shape index (κ1) is 29.6. The van der Waals surface area contributed by atoms with Gasteiger partial charge in [0.1, 0.15) is 12.6 Å². The molecule has 0 spiro atoms. The largest absolute Gasteiger partial charge is 0.481 e. The second-order valence-electron chi connectivity index (χ2n) is 7.24. The Labute approximate surface area is 190 Å². The molecule has 0 aliphatic heterocycles. The number of ether oxygens (including phenoxy) is 3. The molecule has 31 heavy (non-hydrogen) atoms. The van der Waals surface area contributed by atoms with Gasteiger partial charge in [-0.1, -0.05) is 44.9 Å². The van der Waals surface area contributed by atoms with Crippen molar-refractivity contribution in [2.45, 2.75) is 70.3 Å². The van der Waals surface area contributed by atoms with E-state index < -0.39 is 30.3 Å². The molecule has 0 rings (SSSR count). The third-order valence-corrected chi connectivity index (χ3v) is 4.75. The third-order valence-electron chi connectivity index (χ3n) is 4.44. The first-order chi connectivity index (χ1) is 15.0. The second-order valence-corrected chi connectivity index (χ2v) is 7.69. The first-order valence-corrected chi connectivity index (χ1v) is 11.7. The predicted octanol–water partition coefficient (Wildman–Crippen LogP) is 2.52. The summed E-state index contributed by atoms with van der Waals surface area (Å²) in [6.07, 6.45) is 10.6. The highest BCUT2D eigenvalue weighted by atomic mass is 32.1. The van der Waals surface area contributed by atoms with Crippen molar-refractivity contribution in [3.8, 4) is 0 Å². The molecule has 1 atom stereocenters. The van der Waals surface area contributed by atoms with Crippen LogP contribution >= 0.6 is 12.6 Å². The fourth-order valence-electron chi connectivity index (χ4n) is 2.77. The zero-order valence-electron chi connectivity index (χ0n) is 18.4. The number of carboxylic acid groups (broad SMARTS) is 2. The van der Waals surface area contributed by atoms with Gasteiger partial charge in [-0.05, 0) is 18.6 Å². The number of aliphatic carboxylic acids is 2. The van der Waals surface area contributed by atoms with Gasteiger partial charge in [0.15, 0.2) is 0 Å². The molecule has 0 saturated heterocycles. The molecule has 0 aromatic carbocycles. The number of hydrogen-bond acceptors (Lipinski definition) is 7. The minimum Gasteiger partial charge on any atom is -0.481 e. The Hall–Kier alpha value is -1.36. The van der Waals surface area contributed by atoms with Crippen LogP contribution < -0.4 is 5.32 Å². The average Bonchev–Trinajstić information content (AvgIpc) is 2.72. The second kappa shape index (κ2) is 21.9. The number of amides is 1. The van der Waals surface area contributed by atoms with Crippen LogP contribution in [0.4, 0.5) is 0 Å². The highest BCUT2D eigenvalue weighted by Crippen LogP contribution is 2.10. The molecule has 0 bridgehead atoms. The van der Waals surface area contributed by atoms with Crippen molar-refractivity contribution >= 4 is 30.5 Å². The Kier molecular flexibility index (Phi) is 20.9. The van der Waals surface area contributed by atoms with Crippen molar-refractivity contribution in [1.82, 2.24) is 5.32 Å². The van der Waals surface area contributed by atoms with Crippen LogP contribution in [0.15, 0.2) is 0 Å². The van der Waals surface area contributed by atoms with E-state index in [-0.39, 0.29) is 19.8 Å². The van der Waals surface area contributed by atoms with Gasteiger partial charge in [0.25, 0.3) is 0 Å². The fourth-order valence-corrected chi connectivity index (χ4v) is 2.99. The SMILES string of the molecule is O=C(O)C[C@H](NC(=O)COCCOCCOCCCCCCCCCCCS)C(=O)O. The summed E-state index contributed by atoms with van der Waals surface area (Å²) < 4.78 is 15.9. The predicted molar refractivity (Wildman–Crippen MR) is 120 cm³/mol. The quantitative estimate of drug-likeness (QED) is 0.134. The van der Waals surface area contributed by atoms with Gasteiger partial charge < -0.3 is 29.7 Å². The van der Waals surface area contributed by atoms with Crippen LogP contribution in [0.3, 0.4) is 0 Å². The lowest BCUT2D eigenvalue weighted by atomic mass is 10.1. The van der Waals surface area contributed by atoms with Gasteiger partial charge in [-0.15, -0.1) is 0 Å². The van der Waals surface area contributed by atoms with Gasteiger partial charge in [-0.3, -0.25) is 9.59 Å². The van der Waals surface area contributed by atoms with Crippen LogP contribution in [-0.4, -0.2) is 79.5 Å². The highest BCUT2D eigenvalue weighted by Gasteiger charge is 2.22. The van der Waals surface area contributed by atoms with Crippen LogP contribution in [0.2, 0.25) is 0 Å². The van der Waals surface area contributed by atoms with Gasteiger partial charge >= 0.3 is 11.9 Å². The summed E-state index contributed by atoms with van der Waals surface area (Å²) >= 11 is 4.21. The van der Waals surface area contributed by atoms with Crippen molar-refractivity contribution in [3.05, 3.63) is 0 Å². The highest BCUT2D eigenvalue weighted by molar-refractivity contribution is 7.80. The molecular weight excluding hydrogens is 426 g/mol. The number of unbranched alkanes of at least 4 members (excludes halogenated alkanes) is 8. The summed E-state index contributed by atoms with van der Waals surface area (Å²) in [6, 6.07) is -1.48. The van der Waals surface area contributed by atoms with Crippen LogP contribution in [0.1, 0.15) is 64.2 Å². The molecule has 0 heterocycles. The number of rotatable bonds is 23. The topological polar surface area (TPSA) is 131 Å². The Morgan fingerprint density at radius 2 is 1.19 bits per heavy atom. The van der Waals surface area contributed by atoms with E-state index in [9.17, 15) is 14.4 Å². The normalized spacial score (nSPS) is 11.9. The van der Waals surface area contributed by atoms with Crippen molar-refractivity contribution in [2.75, 3.05) is 45.4 Å². The smallest absolute Gasteiger partial charge is 0.326 e. The number of hydrogen-bond donors (Lipinski definition) is 4. The van der Waals surface area contributed by atoms with E-state index in [2.05, 4.69) is 17.9 Å². The Morgan fingerprint density at radius 3 is 1.71 bits per heavy atom. The third kappa shape index (κ3) is 21.7. The van der Waals surface area contributed by atoms with Crippen LogP contribution in [0, 0.1) is 0 Å². The van der Waals surface area contributed by atoms with E-state index in [1.165, 1.54) is 51.4 Å². The number of carboxylic acids is 2. The molecule has 3 N–H and O–H groups in total. The van der Waals surface area contributed by atoms with Crippen LogP contribution in [-0.2, 0) is 28.6 Å². The monoisotopic (exact) mass is 465 g/mol. The van der Waals surface area contributed by atoms with E-state index in [4.69, 9.17) is 24.4 Å². The standard InChI is InChI=1S/C21H39NO8S/c23-19(22-18(21(26)27)16-20(24)25)17-30-14-13-29-12-11-28-10-8-6-4-2-1-3-5-7-9-15-31/h18,31H,1-17H2,(H,22,23)(H,24,25)(H,26,27)/t18-/m0/s1. The summed E-state index contributed by atoms with van der Waals surface area (Å²) in [7, 11) is 0. The molecule has 0 unspecified atom stereocenters. The number of carbonyl (C=O) groups excluding carboxylic acids is 1. The molecule has 0 saturated carbocycles. The number of thiol groups is 1. The van der Waals surface area contributed by atoms with Crippen molar-refractivity contribution < 1.29 is 38.8 Å². The van der Waals surface area contributed by atoms with E-state index in [0.29, 0.717) is 13.2 Å². The van der Waals surface area contributed by atoms with Crippen molar-refractivity contribution in [2.24, 2.45) is 0 Å². The lowest BCUT2D eigenvalue weighted by Crippen LogP contribution is -2.43. The molecule has 0 radical (unpaired) electrons. The summed E-state index contributed by atoms with van der Waals surface area (Å²) in [6.45, 7) is 1.74. The molecule has 1 amide bonds. The summed E-state index contributed by atoms with van der Waals surface area (Å²) in [4.78, 5) is 33.0. The summed E-state index contributed by atoms with van der Waals surface area (Å²) in [5.41, 5.74) is 0. The van der Waals surface area contributed by atoms with E-state index in [1.807, 2.05) is 0 Å². The maximum Gasteiger partial charge on any atom is 0.326 e. The van der Waals surface area contributed by atoms with Gasteiger partial charge in [-0.2, -0.15) is 12.6 Å². The van der Waals surface area contributed by atoms with Gasteiger partial charge in [0, 0.05) is 6.61 Å². The maximum atomic E-state index is 11.6. The number of nitrogens with one attached hydrogen (secondary N) is 1. The molecule has 0 aliphatic carbocycles. The summed E-state index contributed by atoms with van der Waals surface area (Å²) in [5.74, 6) is -2.42. The molecule has 9 nitrogen and oxygen atoms in total. The van der Waals surface area contributed by atoms with Crippen molar-refractivity contribution in [1.29, 1.82) is 0 Å². The zero-order valence-corrected chi connectivity index (χ0v) is 19.3. The molecule has 0 aromatic rings. The Bertz CT molecular complexity index is 478. The minimum absolute atomic E-state index is 0.165. The molecule has 0 aliphatic rings. The minimum atomic E-state index is -1.48. The molecule has 0 aromatic heterocycles. The Balaban J connectivity index is 3.35. The van der Waals surface area contributed by atoms with E-state index in [1.54, 1.807) is 0 Å². The average molecular weight is 466 g/mol. The fraction of sp³-hybridized carbons (Fsp3) is 0.857. The van der Waals surface area contributed by atoms with Crippen LogP contribution in [0.25, 0.3) is 0 Å². The number of carbonyl (C=O) groups is 3. The van der Waals surface area contributed by atoms with Gasteiger partial charge in [0.05, 0.1) is 32.8 Å². The molecule has 182 valence electrons. The molecule has 10 heteroatoms. The van der Waals surface area contributed by atoms with Gasteiger partial charge in [0.2, 0.25) is 5.91 Å². The first-order valence-electron chi connectivity index (χ1n) is 11.1. The van der Waals surface area contributed by atoms with E-state index in [0.717, 1.165) is 18.8 Å². The molecular formula is C21H39NO8S. The lowest BCUT2D eigenvalue weighted by Gasteiger charge is -2.12.